The largest absolute Gasteiger partial charge is 0.493 e. The zero-order chi connectivity index (χ0) is 20.8. The Balaban J connectivity index is 1.93. The summed E-state index contributed by atoms with van der Waals surface area (Å²) in [5.41, 5.74) is 0.775. The van der Waals surface area contributed by atoms with E-state index in [1.54, 1.807) is 23.1 Å². The molecule has 0 aliphatic carbocycles. The topological polar surface area (TPSA) is 74.3 Å². The molecule has 0 unspecified atom stereocenters. The van der Waals surface area contributed by atoms with Crippen molar-refractivity contribution < 1.29 is 28.5 Å². The first-order valence-electron chi connectivity index (χ1n) is 9.44. The summed E-state index contributed by atoms with van der Waals surface area (Å²) >= 11 is 0. The summed E-state index contributed by atoms with van der Waals surface area (Å²) in [4.78, 5) is 27.8. The molecular weight excluding hydrogens is 374 g/mol. The molecule has 0 radical (unpaired) electrons. The van der Waals surface area contributed by atoms with Gasteiger partial charge in [0.05, 0.1) is 21.3 Å². The van der Waals surface area contributed by atoms with Gasteiger partial charge in [0.15, 0.2) is 11.5 Å². The molecule has 0 saturated carbocycles. The lowest BCUT2D eigenvalue weighted by Crippen LogP contribution is -2.35. The number of benzene rings is 2. The molecule has 7 nitrogen and oxygen atoms in total. The van der Waals surface area contributed by atoms with Gasteiger partial charge in [0.2, 0.25) is 11.9 Å². The number of hydrogen-bond acceptors (Lipinski definition) is 6. The molecule has 0 spiro atoms. The van der Waals surface area contributed by atoms with E-state index in [1.807, 2.05) is 18.2 Å². The highest BCUT2D eigenvalue weighted by atomic mass is 16.6. The van der Waals surface area contributed by atoms with E-state index in [9.17, 15) is 9.59 Å². The van der Waals surface area contributed by atoms with Crippen LogP contribution in [0.5, 0.6) is 17.2 Å². The van der Waals surface area contributed by atoms with Crippen LogP contribution >= 0.6 is 0 Å². The van der Waals surface area contributed by atoms with E-state index < -0.39 is 12.1 Å². The van der Waals surface area contributed by atoms with Gasteiger partial charge in [-0.15, -0.1) is 0 Å². The minimum absolute atomic E-state index is 0.153. The van der Waals surface area contributed by atoms with Gasteiger partial charge in [-0.25, -0.2) is 4.79 Å². The normalized spacial score (nSPS) is 14.2. The van der Waals surface area contributed by atoms with Crippen LogP contribution in [0, 0.1) is 0 Å². The van der Waals surface area contributed by atoms with Crippen LogP contribution in [-0.4, -0.2) is 51.2 Å². The average Bonchev–Trinajstić information content (AvgIpc) is 3.31. The van der Waals surface area contributed by atoms with Gasteiger partial charge >= 0.3 is 5.97 Å². The van der Waals surface area contributed by atoms with Gasteiger partial charge in [0.1, 0.15) is 5.56 Å². The molecule has 154 valence electrons. The Morgan fingerprint density at radius 3 is 2.10 bits per heavy atom. The summed E-state index contributed by atoms with van der Waals surface area (Å²) in [5.74, 6) is 0.00297. The molecule has 1 amide bonds. The van der Waals surface area contributed by atoms with Crippen molar-refractivity contribution in [1.82, 2.24) is 4.90 Å². The number of likely N-dealkylation sites (tertiary alicyclic amines) is 1. The van der Waals surface area contributed by atoms with Gasteiger partial charge in [-0.2, -0.15) is 0 Å². The maximum Gasteiger partial charge on any atom is 0.343 e. The Morgan fingerprint density at radius 2 is 1.52 bits per heavy atom. The number of nitrogens with zero attached hydrogens (tertiary/aromatic N) is 1. The molecule has 0 aromatic heterocycles. The minimum Gasteiger partial charge on any atom is -0.493 e. The Labute approximate surface area is 170 Å². The molecule has 2 aromatic carbocycles. The van der Waals surface area contributed by atoms with Crippen LogP contribution in [0.1, 0.15) is 34.9 Å². The molecule has 1 fully saturated rings. The van der Waals surface area contributed by atoms with Gasteiger partial charge < -0.3 is 23.8 Å². The van der Waals surface area contributed by atoms with Crippen molar-refractivity contribution in [2.75, 3.05) is 34.4 Å². The summed E-state index contributed by atoms with van der Waals surface area (Å²) in [6.45, 7) is 1.33. The zero-order valence-electron chi connectivity index (χ0n) is 16.8. The number of methoxy groups -OCH3 is 3. The first-order valence-corrected chi connectivity index (χ1v) is 9.44. The Hall–Kier alpha value is -3.22. The quantitative estimate of drug-likeness (QED) is 0.666. The van der Waals surface area contributed by atoms with Crippen molar-refractivity contribution >= 4 is 11.9 Å². The van der Waals surface area contributed by atoms with E-state index in [1.165, 1.54) is 27.4 Å². The molecule has 2 aromatic rings. The molecule has 1 saturated heterocycles. The van der Waals surface area contributed by atoms with Crippen molar-refractivity contribution in [3.8, 4) is 17.2 Å². The van der Waals surface area contributed by atoms with Crippen molar-refractivity contribution in [3.05, 3.63) is 53.6 Å². The molecule has 3 rings (SSSR count). The number of carbonyl (C=O) groups is 2. The Morgan fingerprint density at radius 1 is 0.862 bits per heavy atom. The predicted molar refractivity (Wildman–Crippen MR) is 107 cm³/mol. The first-order chi connectivity index (χ1) is 14.1. The monoisotopic (exact) mass is 399 g/mol. The second kappa shape index (κ2) is 9.32. The highest BCUT2D eigenvalue weighted by Gasteiger charge is 2.32. The van der Waals surface area contributed by atoms with E-state index >= 15 is 0 Å². The molecule has 1 heterocycles. The summed E-state index contributed by atoms with van der Waals surface area (Å²) < 4.78 is 21.7. The van der Waals surface area contributed by atoms with E-state index in [4.69, 9.17) is 18.9 Å². The van der Waals surface area contributed by atoms with Crippen molar-refractivity contribution in [3.63, 3.8) is 0 Å². The van der Waals surface area contributed by atoms with E-state index in [-0.39, 0.29) is 23.0 Å². The number of carbonyl (C=O) groups excluding carboxylic acids is 2. The van der Waals surface area contributed by atoms with Crippen LogP contribution in [0.3, 0.4) is 0 Å². The maximum absolute atomic E-state index is 13.1. The SMILES string of the molecule is COc1ccc(C(=O)O[C@@H](C(=O)N2CCCC2)c2ccccc2)c(OC)c1OC. The van der Waals surface area contributed by atoms with E-state index in [2.05, 4.69) is 0 Å². The fourth-order valence-electron chi connectivity index (χ4n) is 3.42. The van der Waals surface area contributed by atoms with Crippen LogP contribution in [-0.2, 0) is 9.53 Å². The number of esters is 1. The average molecular weight is 399 g/mol. The van der Waals surface area contributed by atoms with Crippen LogP contribution in [0.25, 0.3) is 0 Å². The summed E-state index contributed by atoms with van der Waals surface area (Å²) in [6, 6.07) is 12.1. The third-order valence-corrected chi connectivity index (χ3v) is 4.89. The lowest BCUT2D eigenvalue weighted by atomic mass is 10.1. The number of rotatable bonds is 7. The Bertz CT molecular complexity index is 861. The fraction of sp³-hybridized carbons (Fsp3) is 0.364. The highest BCUT2D eigenvalue weighted by Crippen LogP contribution is 2.40. The van der Waals surface area contributed by atoms with Crippen molar-refractivity contribution in [2.24, 2.45) is 0 Å². The number of amides is 1. The zero-order valence-corrected chi connectivity index (χ0v) is 16.8. The molecule has 1 aliphatic heterocycles. The molecule has 0 bridgehead atoms. The first kappa shape index (κ1) is 20.5. The lowest BCUT2D eigenvalue weighted by molar-refractivity contribution is -0.140. The fourth-order valence-corrected chi connectivity index (χ4v) is 3.42. The van der Waals surface area contributed by atoms with Gasteiger partial charge in [-0.05, 0) is 25.0 Å². The van der Waals surface area contributed by atoms with Crippen molar-refractivity contribution in [1.29, 1.82) is 0 Å². The van der Waals surface area contributed by atoms with Crippen LogP contribution in [0.15, 0.2) is 42.5 Å². The molecule has 1 atom stereocenters. The smallest absolute Gasteiger partial charge is 0.343 e. The molecule has 29 heavy (non-hydrogen) atoms. The second-order valence-electron chi connectivity index (χ2n) is 6.61. The molecule has 0 N–H and O–H groups in total. The molecular formula is C22H25NO6. The predicted octanol–water partition coefficient (Wildman–Crippen LogP) is 3.23. The lowest BCUT2D eigenvalue weighted by Gasteiger charge is -2.24. The van der Waals surface area contributed by atoms with Crippen LogP contribution < -0.4 is 14.2 Å². The minimum atomic E-state index is -1.03. The van der Waals surface area contributed by atoms with Crippen LogP contribution in [0.2, 0.25) is 0 Å². The third kappa shape index (κ3) is 4.29. The maximum atomic E-state index is 13.1. The highest BCUT2D eigenvalue weighted by molar-refractivity contribution is 5.96. The van der Waals surface area contributed by atoms with Crippen molar-refractivity contribution in [2.45, 2.75) is 18.9 Å². The van der Waals surface area contributed by atoms with Gasteiger partial charge in [-0.1, -0.05) is 30.3 Å². The number of hydrogen-bond donors (Lipinski definition) is 0. The van der Waals surface area contributed by atoms with Gasteiger partial charge in [0.25, 0.3) is 5.91 Å². The number of ether oxygens (including phenoxy) is 4. The summed E-state index contributed by atoms with van der Waals surface area (Å²) in [6.07, 6.45) is 0.870. The molecule has 7 heteroatoms. The van der Waals surface area contributed by atoms with Gasteiger partial charge in [0, 0.05) is 18.7 Å². The third-order valence-electron chi connectivity index (χ3n) is 4.89. The van der Waals surface area contributed by atoms with Crippen LogP contribution in [0.4, 0.5) is 0 Å². The second-order valence-corrected chi connectivity index (χ2v) is 6.61. The standard InChI is InChI=1S/C22H25NO6/c1-26-17-12-11-16(19(27-2)20(17)28-3)22(25)29-18(15-9-5-4-6-10-15)21(24)23-13-7-8-14-23/h4-6,9-12,18H,7-8,13-14H2,1-3H3/t18-/m1/s1. The Kier molecular flexibility index (Phi) is 6.59. The van der Waals surface area contributed by atoms with E-state index in [0.717, 1.165) is 12.8 Å². The summed E-state index contributed by atoms with van der Waals surface area (Å²) in [7, 11) is 4.38. The van der Waals surface area contributed by atoms with E-state index in [0.29, 0.717) is 24.4 Å². The summed E-state index contributed by atoms with van der Waals surface area (Å²) in [5, 5.41) is 0. The van der Waals surface area contributed by atoms with Gasteiger partial charge in [-0.3, -0.25) is 4.79 Å². The molecule has 1 aliphatic rings.